The van der Waals surface area contributed by atoms with E-state index in [1.54, 1.807) is 46.1 Å². The Hall–Kier alpha value is -1.39. The molecule has 0 aromatic heterocycles. The Morgan fingerprint density at radius 2 is 1.82 bits per heavy atom. The molecule has 3 atom stereocenters. The van der Waals surface area contributed by atoms with E-state index >= 15 is 0 Å². The van der Waals surface area contributed by atoms with Gasteiger partial charge < -0.3 is 9.29 Å². The van der Waals surface area contributed by atoms with Crippen molar-refractivity contribution in [2.75, 3.05) is 26.5 Å². The molecule has 0 radical (unpaired) electrons. The molecule has 1 aliphatic rings. The monoisotopic (exact) mass is 513 g/mol. The van der Waals surface area contributed by atoms with Gasteiger partial charge in [-0.15, -0.1) is 0 Å². The van der Waals surface area contributed by atoms with Crippen molar-refractivity contribution in [1.82, 2.24) is 9.03 Å². The van der Waals surface area contributed by atoms with E-state index in [1.165, 1.54) is 0 Å². The fraction of sp³-hybridized carbons (Fsp3) is 0.640. The van der Waals surface area contributed by atoms with Gasteiger partial charge in [-0.05, 0) is 78.1 Å². The van der Waals surface area contributed by atoms with E-state index in [1.807, 2.05) is 30.3 Å². The first-order valence-electron chi connectivity index (χ1n) is 12.0. The lowest BCUT2D eigenvalue weighted by Gasteiger charge is -2.54. The molecule has 1 N–H and O–H groups in total. The SMILES string of the molecule is CCOC(=O)[C@@H](NS(=O)(=O)C(C)(C)C)[C@@H]1CCCCC/C=C\1CS([O-])(c1ccccc1)N(C)C. The van der Waals surface area contributed by atoms with Crippen LogP contribution in [0.5, 0.6) is 0 Å². The third-order valence-corrected chi connectivity index (χ3v) is 11.3. The van der Waals surface area contributed by atoms with Gasteiger partial charge in [-0.2, -0.15) is 4.72 Å². The van der Waals surface area contributed by atoms with Crippen LogP contribution in [0.3, 0.4) is 0 Å². The molecule has 7 nitrogen and oxygen atoms in total. The molecule has 0 bridgehead atoms. The summed E-state index contributed by atoms with van der Waals surface area (Å²) in [7, 11) is -2.90. The minimum atomic E-state index is -3.83. The topological polar surface area (TPSA) is 98.8 Å². The van der Waals surface area contributed by atoms with Crippen LogP contribution in [0.25, 0.3) is 0 Å². The molecule has 1 aliphatic carbocycles. The van der Waals surface area contributed by atoms with Gasteiger partial charge in [0.2, 0.25) is 10.0 Å². The first-order valence-corrected chi connectivity index (χ1v) is 15.1. The Kier molecular flexibility index (Phi) is 10.2. The van der Waals surface area contributed by atoms with Gasteiger partial charge in [-0.1, -0.05) is 42.7 Å². The highest BCUT2D eigenvalue weighted by molar-refractivity contribution is 8.27. The molecule has 0 aliphatic heterocycles. The maximum absolute atomic E-state index is 14.3. The van der Waals surface area contributed by atoms with E-state index in [4.69, 9.17) is 4.74 Å². The fourth-order valence-corrected chi connectivity index (χ4v) is 7.17. The van der Waals surface area contributed by atoms with E-state index < -0.39 is 43.2 Å². The summed E-state index contributed by atoms with van der Waals surface area (Å²) in [5, 5.41) is 0. The molecule has 194 valence electrons. The summed E-state index contributed by atoms with van der Waals surface area (Å²) in [4.78, 5) is 13.8. The van der Waals surface area contributed by atoms with Crippen molar-refractivity contribution in [1.29, 1.82) is 0 Å². The number of ether oxygens (including phenoxy) is 1. The number of rotatable bonds is 9. The van der Waals surface area contributed by atoms with Gasteiger partial charge in [0.1, 0.15) is 6.04 Å². The predicted octanol–water partition coefficient (Wildman–Crippen LogP) is 4.61. The highest BCUT2D eigenvalue weighted by atomic mass is 32.3. The van der Waals surface area contributed by atoms with Crippen molar-refractivity contribution < 1.29 is 22.5 Å². The smallest absolute Gasteiger partial charge is 0.324 e. The van der Waals surface area contributed by atoms with Gasteiger partial charge in [0.15, 0.2) is 0 Å². The molecule has 0 fully saturated rings. The summed E-state index contributed by atoms with van der Waals surface area (Å²) >= 11 is 0. The summed E-state index contributed by atoms with van der Waals surface area (Å²) < 4.78 is 49.1. The molecular weight excluding hydrogens is 472 g/mol. The van der Waals surface area contributed by atoms with Crippen LogP contribution in [-0.4, -0.2) is 60.5 Å². The van der Waals surface area contributed by atoms with Crippen LogP contribution in [-0.2, 0) is 19.6 Å². The van der Waals surface area contributed by atoms with Crippen LogP contribution < -0.4 is 4.72 Å². The van der Waals surface area contributed by atoms with E-state index in [0.29, 0.717) is 11.3 Å². The van der Waals surface area contributed by atoms with Gasteiger partial charge >= 0.3 is 5.97 Å². The number of nitrogens with zero attached hydrogens (tertiary/aromatic N) is 1. The number of nitrogens with one attached hydrogen (secondary N) is 1. The largest absolute Gasteiger partial charge is 0.797 e. The Morgan fingerprint density at radius 3 is 2.38 bits per heavy atom. The summed E-state index contributed by atoms with van der Waals surface area (Å²) in [6, 6.07) is 8.24. The van der Waals surface area contributed by atoms with Crippen LogP contribution >= 0.6 is 10.5 Å². The first kappa shape index (κ1) is 28.8. The van der Waals surface area contributed by atoms with Crippen LogP contribution in [0.1, 0.15) is 59.8 Å². The number of hydrogen-bond acceptors (Lipinski definition) is 6. The maximum Gasteiger partial charge on any atom is 0.324 e. The van der Waals surface area contributed by atoms with Crippen molar-refractivity contribution in [3.8, 4) is 0 Å². The third kappa shape index (κ3) is 7.07. The second kappa shape index (κ2) is 12.0. The van der Waals surface area contributed by atoms with E-state index in [9.17, 15) is 17.8 Å². The van der Waals surface area contributed by atoms with Crippen molar-refractivity contribution >= 4 is 26.5 Å². The van der Waals surface area contributed by atoms with Gasteiger partial charge in [0, 0.05) is 11.7 Å². The van der Waals surface area contributed by atoms with Crippen LogP contribution in [0, 0.1) is 5.92 Å². The average Bonchev–Trinajstić information content (AvgIpc) is 2.74. The minimum absolute atomic E-state index is 0.150. The Balaban J connectivity index is 2.55. The molecule has 9 heteroatoms. The van der Waals surface area contributed by atoms with E-state index in [0.717, 1.165) is 31.3 Å². The Bertz CT molecular complexity index is 942. The normalized spacial score (nSPS) is 23.1. The molecule has 0 amide bonds. The molecule has 0 saturated heterocycles. The fourth-order valence-electron chi connectivity index (χ4n) is 4.01. The molecule has 1 aromatic rings. The number of benzene rings is 1. The molecule has 34 heavy (non-hydrogen) atoms. The van der Waals surface area contributed by atoms with Gasteiger partial charge in [0.05, 0.1) is 11.4 Å². The molecule has 0 saturated carbocycles. The van der Waals surface area contributed by atoms with Gasteiger partial charge in [0.25, 0.3) is 0 Å². The van der Waals surface area contributed by atoms with Gasteiger partial charge in [-0.3, -0.25) is 9.10 Å². The number of esters is 1. The maximum atomic E-state index is 14.3. The van der Waals surface area contributed by atoms with Crippen LogP contribution in [0.15, 0.2) is 46.9 Å². The van der Waals surface area contributed by atoms with E-state index in [-0.39, 0.29) is 12.4 Å². The highest BCUT2D eigenvalue weighted by Crippen LogP contribution is 2.55. The zero-order valence-electron chi connectivity index (χ0n) is 21.4. The standard InChI is InChI=1S/C25H42N2O5S2/c1-7-32-24(28)23(26-34(30,31)25(2,3)4)22-18-14-9-8-11-15-20(22)19-33(29,27(5)6)21-16-12-10-13-17-21/h10,12-13,15-17,22-23,26,29H,7-9,11,14,18-19H2,1-6H3/p-1/b20-15-/t22-,23+/m1/s1. The van der Waals surface area contributed by atoms with Crippen molar-refractivity contribution in [2.45, 2.75) is 75.5 Å². The lowest BCUT2D eigenvalue weighted by Crippen LogP contribution is -2.52. The van der Waals surface area contributed by atoms with Crippen LogP contribution in [0.4, 0.5) is 0 Å². The summed E-state index contributed by atoms with van der Waals surface area (Å²) in [6.07, 6.45) is 6.31. The summed E-state index contributed by atoms with van der Waals surface area (Å²) in [5.74, 6) is -0.814. The number of carbonyl (C=O) groups is 1. The van der Waals surface area contributed by atoms with Crippen molar-refractivity contribution in [2.24, 2.45) is 5.92 Å². The Labute approximate surface area is 207 Å². The lowest BCUT2D eigenvalue weighted by molar-refractivity contribution is -0.146. The number of carbonyl (C=O) groups excluding carboxylic acids is 1. The van der Waals surface area contributed by atoms with Crippen molar-refractivity contribution in [3.63, 3.8) is 0 Å². The molecular formula is C25H41N2O5S2-. The predicted molar refractivity (Wildman–Crippen MR) is 139 cm³/mol. The number of sulfonamides is 1. The van der Waals surface area contributed by atoms with Gasteiger partial charge in [-0.25, -0.2) is 18.9 Å². The lowest BCUT2D eigenvalue weighted by atomic mass is 9.85. The zero-order valence-corrected chi connectivity index (χ0v) is 23.0. The molecule has 0 heterocycles. The zero-order chi connectivity index (χ0) is 25.6. The van der Waals surface area contributed by atoms with Crippen LogP contribution in [0.2, 0.25) is 0 Å². The quantitative estimate of drug-likeness (QED) is 0.382. The molecule has 2 rings (SSSR count). The minimum Gasteiger partial charge on any atom is -0.797 e. The average molecular weight is 514 g/mol. The second-order valence-electron chi connectivity index (χ2n) is 9.90. The number of allylic oxidation sites excluding steroid dienone is 1. The molecule has 1 aromatic carbocycles. The highest BCUT2D eigenvalue weighted by Gasteiger charge is 2.40. The third-order valence-electron chi connectivity index (χ3n) is 6.20. The van der Waals surface area contributed by atoms with E-state index in [2.05, 4.69) is 10.8 Å². The molecule has 0 spiro atoms. The molecule has 1 unspecified atom stereocenters. The number of hydrogen-bond donors (Lipinski definition) is 1. The first-order chi connectivity index (χ1) is 15.8. The summed E-state index contributed by atoms with van der Waals surface area (Å²) in [6.45, 7) is 6.65. The second-order valence-corrected chi connectivity index (χ2v) is 15.1. The van der Waals surface area contributed by atoms with Crippen molar-refractivity contribution in [3.05, 3.63) is 42.0 Å². The summed E-state index contributed by atoms with van der Waals surface area (Å²) in [5.41, 5.74) is 0.844. The Morgan fingerprint density at radius 1 is 1.18 bits per heavy atom.